The van der Waals surface area contributed by atoms with Crippen LogP contribution in [0.2, 0.25) is 0 Å². The van der Waals surface area contributed by atoms with Crippen molar-refractivity contribution in [3.05, 3.63) is 35.9 Å². The third-order valence-corrected chi connectivity index (χ3v) is 4.88. The Hall–Kier alpha value is -1.40. The highest BCUT2D eigenvalue weighted by Gasteiger charge is 2.35. The average molecular weight is 311 g/mol. The molecule has 0 saturated heterocycles. The Labute approximate surface area is 125 Å². The maximum absolute atomic E-state index is 11.8. The zero-order valence-corrected chi connectivity index (χ0v) is 13.1. The Balaban J connectivity index is 2.23. The molecule has 0 fully saturated rings. The Morgan fingerprint density at radius 2 is 2.00 bits per heavy atom. The van der Waals surface area contributed by atoms with E-state index in [0.29, 0.717) is 12.8 Å². The number of aliphatic hydroxyl groups is 1. The van der Waals surface area contributed by atoms with Crippen molar-refractivity contribution in [3.8, 4) is 0 Å². The fourth-order valence-corrected chi connectivity index (χ4v) is 3.98. The summed E-state index contributed by atoms with van der Waals surface area (Å²) in [7, 11) is -3.48. The summed E-state index contributed by atoms with van der Waals surface area (Å²) in [6.07, 6.45) is 0.903. The van der Waals surface area contributed by atoms with E-state index in [9.17, 15) is 13.5 Å². The molecule has 0 unspecified atom stereocenters. The van der Waals surface area contributed by atoms with E-state index in [2.05, 4.69) is 4.40 Å². The largest absolute Gasteiger partial charge is 0.473 e. The Morgan fingerprint density at radius 3 is 2.57 bits per heavy atom. The molecular formula is C15H21NO4S. The Kier molecular flexibility index (Phi) is 4.68. The molecule has 1 atom stereocenters. The van der Waals surface area contributed by atoms with E-state index in [0.717, 1.165) is 5.56 Å². The summed E-state index contributed by atoms with van der Waals surface area (Å²) in [6.45, 7) is 3.51. The summed E-state index contributed by atoms with van der Waals surface area (Å²) in [5.41, 5.74) is 0.273. The molecule has 1 aromatic carbocycles. The lowest BCUT2D eigenvalue weighted by Crippen LogP contribution is -2.40. The second kappa shape index (κ2) is 6.15. The second-order valence-corrected chi connectivity index (χ2v) is 7.53. The van der Waals surface area contributed by atoms with E-state index in [-0.39, 0.29) is 24.2 Å². The van der Waals surface area contributed by atoms with Gasteiger partial charge in [-0.15, -0.1) is 4.40 Å². The minimum Gasteiger partial charge on any atom is -0.473 e. The SMILES string of the molecule is CC1(C)CS(=O)(=O)N=C(C[C@@H](CCO)c2ccccc2)O1. The lowest BCUT2D eigenvalue weighted by atomic mass is 9.92. The molecule has 116 valence electrons. The standard InChI is InChI=1S/C15H21NO4S/c1-15(2)11-21(18,19)16-14(20-15)10-13(8-9-17)12-6-4-3-5-7-12/h3-7,13,17H,8-11H2,1-2H3/t13-/m1/s1. The van der Waals surface area contributed by atoms with Gasteiger partial charge in [0.15, 0.2) is 0 Å². The van der Waals surface area contributed by atoms with Gasteiger partial charge < -0.3 is 9.84 Å². The normalized spacial score (nSPS) is 21.2. The van der Waals surface area contributed by atoms with Crippen LogP contribution in [0.1, 0.15) is 38.2 Å². The number of aliphatic hydroxyl groups excluding tert-OH is 1. The number of rotatable bonds is 5. The molecule has 0 radical (unpaired) electrons. The van der Waals surface area contributed by atoms with Gasteiger partial charge >= 0.3 is 0 Å². The summed E-state index contributed by atoms with van der Waals surface area (Å²) in [5.74, 6) is 0.104. The monoisotopic (exact) mass is 311 g/mol. The van der Waals surface area contributed by atoms with Crippen LogP contribution in [0.15, 0.2) is 34.7 Å². The molecule has 1 heterocycles. The summed E-state index contributed by atoms with van der Waals surface area (Å²) in [4.78, 5) is 0. The van der Waals surface area contributed by atoms with Crippen molar-refractivity contribution in [2.45, 2.75) is 38.2 Å². The van der Waals surface area contributed by atoms with Crippen molar-refractivity contribution < 1.29 is 18.3 Å². The minimum absolute atomic E-state index is 0.0148. The number of benzene rings is 1. The fraction of sp³-hybridized carbons (Fsp3) is 0.533. The number of hydrogen-bond acceptors (Lipinski definition) is 4. The maximum Gasteiger partial charge on any atom is 0.260 e. The lowest BCUT2D eigenvalue weighted by molar-refractivity contribution is 0.110. The van der Waals surface area contributed by atoms with Gasteiger partial charge in [-0.3, -0.25) is 0 Å². The summed E-state index contributed by atoms with van der Waals surface area (Å²) < 4.78 is 33.1. The molecule has 1 aliphatic heterocycles. The highest BCUT2D eigenvalue weighted by molar-refractivity contribution is 7.90. The molecule has 0 amide bonds. The Bertz CT molecular complexity index is 608. The predicted octanol–water partition coefficient (Wildman–Crippen LogP) is 2.08. The quantitative estimate of drug-likeness (QED) is 0.903. The van der Waals surface area contributed by atoms with Crippen molar-refractivity contribution in [3.63, 3.8) is 0 Å². The molecule has 0 aliphatic carbocycles. The van der Waals surface area contributed by atoms with Crippen molar-refractivity contribution in [1.29, 1.82) is 0 Å². The van der Waals surface area contributed by atoms with Crippen LogP contribution in [-0.4, -0.2) is 37.4 Å². The summed E-state index contributed by atoms with van der Waals surface area (Å²) in [5, 5.41) is 9.23. The smallest absolute Gasteiger partial charge is 0.260 e. The minimum atomic E-state index is -3.48. The number of sulfonamides is 1. The zero-order chi connectivity index (χ0) is 15.5. The molecule has 0 aromatic heterocycles. The van der Waals surface area contributed by atoms with Crippen LogP contribution in [0.3, 0.4) is 0 Å². The van der Waals surface area contributed by atoms with E-state index in [1.807, 2.05) is 30.3 Å². The first-order valence-electron chi connectivity index (χ1n) is 6.98. The van der Waals surface area contributed by atoms with E-state index in [4.69, 9.17) is 4.74 Å². The van der Waals surface area contributed by atoms with E-state index < -0.39 is 15.6 Å². The maximum atomic E-state index is 11.8. The van der Waals surface area contributed by atoms with Gasteiger partial charge in [0.05, 0.1) is 0 Å². The van der Waals surface area contributed by atoms with Crippen LogP contribution in [-0.2, 0) is 14.8 Å². The predicted molar refractivity (Wildman–Crippen MR) is 81.9 cm³/mol. The molecule has 0 saturated carbocycles. The van der Waals surface area contributed by atoms with Gasteiger partial charge in [0.25, 0.3) is 10.0 Å². The topological polar surface area (TPSA) is 76.0 Å². The van der Waals surface area contributed by atoms with Crippen molar-refractivity contribution >= 4 is 15.9 Å². The zero-order valence-electron chi connectivity index (χ0n) is 12.3. The molecular weight excluding hydrogens is 290 g/mol. The number of nitrogens with zero attached hydrogens (tertiary/aromatic N) is 1. The summed E-state index contributed by atoms with van der Waals surface area (Å²) in [6, 6.07) is 9.68. The van der Waals surface area contributed by atoms with Crippen molar-refractivity contribution in [1.82, 2.24) is 0 Å². The third-order valence-electron chi connectivity index (χ3n) is 3.33. The molecule has 6 heteroatoms. The molecule has 5 nitrogen and oxygen atoms in total. The first-order valence-corrected chi connectivity index (χ1v) is 8.58. The van der Waals surface area contributed by atoms with Crippen LogP contribution >= 0.6 is 0 Å². The van der Waals surface area contributed by atoms with E-state index >= 15 is 0 Å². The van der Waals surface area contributed by atoms with Crippen LogP contribution in [0.5, 0.6) is 0 Å². The molecule has 0 bridgehead atoms. The summed E-state index contributed by atoms with van der Waals surface area (Å²) >= 11 is 0. The Morgan fingerprint density at radius 1 is 1.33 bits per heavy atom. The number of ether oxygens (including phenoxy) is 1. The van der Waals surface area contributed by atoms with Crippen LogP contribution < -0.4 is 0 Å². The fourth-order valence-electron chi connectivity index (χ4n) is 2.55. The van der Waals surface area contributed by atoms with Gasteiger partial charge in [-0.2, -0.15) is 0 Å². The van der Waals surface area contributed by atoms with E-state index in [1.165, 1.54) is 0 Å². The molecule has 2 rings (SSSR count). The van der Waals surface area contributed by atoms with E-state index in [1.54, 1.807) is 13.8 Å². The van der Waals surface area contributed by atoms with Gasteiger partial charge in [0.2, 0.25) is 5.90 Å². The first-order chi connectivity index (χ1) is 9.81. The molecule has 21 heavy (non-hydrogen) atoms. The van der Waals surface area contributed by atoms with Gasteiger partial charge in [-0.25, -0.2) is 8.42 Å². The molecule has 1 N–H and O–H groups in total. The van der Waals surface area contributed by atoms with Crippen molar-refractivity contribution in [2.24, 2.45) is 4.40 Å². The molecule has 0 spiro atoms. The van der Waals surface area contributed by atoms with Gasteiger partial charge in [-0.05, 0) is 31.7 Å². The number of hydrogen-bond donors (Lipinski definition) is 1. The first kappa shape index (κ1) is 16.0. The van der Waals surface area contributed by atoms with Crippen LogP contribution in [0.25, 0.3) is 0 Å². The lowest BCUT2D eigenvalue weighted by Gasteiger charge is -2.31. The van der Waals surface area contributed by atoms with Gasteiger partial charge in [0.1, 0.15) is 11.4 Å². The molecule has 1 aliphatic rings. The molecule has 1 aromatic rings. The third kappa shape index (κ3) is 4.54. The van der Waals surface area contributed by atoms with Gasteiger partial charge in [0, 0.05) is 13.0 Å². The van der Waals surface area contributed by atoms with Crippen LogP contribution in [0.4, 0.5) is 0 Å². The highest BCUT2D eigenvalue weighted by Crippen LogP contribution is 2.28. The van der Waals surface area contributed by atoms with Crippen molar-refractivity contribution in [2.75, 3.05) is 12.4 Å². The van der Waals surface area contributed by atoms with Crippen LogP contribution in [0, 0.1) is 0 Å². The van der Waals surface area contributed by atoms with Gasteiger partial charge in [-0.1, -0.05) is 30.3 Å². The highest BCUT2D eigenvalue weighted by atomic mass is 32.2. The average Bonchev–Trinajstić information content (AvgIpc) is 2.35. The second-order valence-electron chi connectivity index (χ2n) is 5.90.